The van der Waals surface area contributed by atoms with E-state index >= 15 is 0 Å². The SMILES string of the molecule is CC(=O)ON1C(=O)CCC1=C(C)C. The molecule has 1 saturated heterocycles. The van der Waals surface area contributed by atoms with Gasteiger partial charge in [0, 0.05) is 19.8 Å². The van der Waals surface area contributed by atoms with Crippen LogP contribution < -0.4 is 0 Å². The van der Waals surface area contributed by atoms with Gasteiger partial charge in [-0.3, -0.25) is 4.79 Å². The highest BCUT2D eigenvalue weighted by Crippen LogP contribution is 2.25. The summed E-state index contributed by atoms with van der Waals surface area (Å²) in [6.45, 7) is 5.07. The molecule has 0 radical (unpaired) electrons. The predicted octanol–water partition coefficient (Wildman–Crippen LogP) is 1.38. The molecule has 0 aliphatic carbocycles. The van der Waals surface area contributed by atoms with Crippen molar-refractivity contribution in [2.75, 3.05) is 0 Å². The van der Waals surface area contributed by atoms with Crippen LogP contribution in [0, 0.1) is 0 Å². The number of carbonyl (C=O) groups excluding carboxylic acids is 2. The van der Waals surface area contributed by atoms with Crippen molar-refractivity contribution in [3.8, 4) is 0 Å². The van der Waals surface area contributed by atoms with Crippen molar-refractivity contribution in [3.05, 3.63) is 11.3 Å². The lowest BCUT2D eigenvalue weighted by atomic mass is 10.2. The summed E-state index contributed by atoms with van der Waals surface area (Å²) in [5.41, 5.74) is 1.81. The van der Waals surface area contributed by atoms with Crippen LogP contribution >= 0.6 is 0 Å². The summed E-state index contributed by atoms with van der Waals surface area (Å²) in [5.74, 6) is -0.611. The van der Waals surface area contributed by atoms with E-state index in [1.54, 1.807) is 0 Å². The van der Waals surface area contributed by atoms with Crippen molar-refractivity contribution < 1.29 is 14.4 Å². The van der Waals surface area contributed by atoms with Gasteiger partial charge < -0.3 is 4.84 Å². The van der Waals surface area contributed by atoms with Gasteiger partial charge in [0.25, 0.3) is 5.91 Å². The third-order valence-electron chi connectivity index (χ3n) is 1.84. The number of hydroxylamine groups is 2. The lowest BCUT2D eigenvalue weighted by Gasteiger charge is -2.16. The van der Waals surface area contributed by atoms with Crippen molar-refractivity contribution in [1.82, 2.24) is 5.06 Å². The highest BCUT2D eigenvalue weighted by molar-refractivity contribution is 5.82. The van der Waals surface area contributed by atoms with Crippen molar-refractivity contribution >= 4 is 11.9 Å². The average Bonchev–Trinajstić information content (AvgIpc) is 2.32. The summed E-state index contributed by atoms with van der Waals surface area (Å²) in [4.78, 5) is 26.7. The van der Waals surface area contributed by atoms with Gasteiger partial charge in [0.1, 0.15) is 0 Å². The first-order valence-electron chi connectivity index (χ1n) is 4.20. The van der Waals surface area contributed by atoms with Gasteiger partial charge in [-0.05, 0) is 13.8 Å². The molecule has 13 heavy (non-hydrogen) atoms. The Labute approximate surface area is 77.1 Å². The van der Waals surface area contributed by atoms with Gasteiger partial charge in [0.15, 0.2) is 0 Å². The molecule has 4 nitrogen and oxygen atoms in total. The molecule has 1 aliphatic rings. The van der Waals surface area contributed by atoms with Crippen LogP contribution in [-0.4, -0.2) is 16.9 Å². The van der Waals surface area contributed by atoms with Crippen molar-refractivity contribution in [1.29, 1.82) is 0 Å². The van der Waals surface area contributed by atoms with E-state index in [4.69, 9.17) is 4.84 Å². The maximum atomic E-state index is 11.2. The van der Waals surface area contributed by atoms with Gasteiger partial charge in [-0.2, -0.15) is 0 Å². The van der Waals surface area contributed by atoms with Crippen LogP contribution in [0.1, 0.15) is 33.6 Å². The molecule has 0 atom stereocenters. The number of carbonyl (C=O) groups is 2. The second-order valence-corrected chi connectivity index (χ2v) is 3.22. The fraction of sp³-hybridized carbons (Fsp3) is 0.556. The van der Waals surface area contributed by atoms with E-state index in [9.17, 15) is 9.59 Å². The molecule has 1 heterocycles. The molecule has 0 saturated carbocycles. The molecule has 0 aromatic heterocycles. The highest BCUT2D eigenvalue weighted by Gasteiger charge is 2.29. The average molecular weight is 183 g/mol. The molecule has 1 fully saturated rings. The zero-order valence-corrected chi connectivity index (χ0v) is 8.09. The minimum atomic E-state index is -0.464. The zero-order chi connectivity index (χ0) is 10.0. The Morgan fingerprint density at radius 3 is 2.38 bits per heavy atom. The fourth-order valence-electron chi connectivity index (χ4n) is 1.27. The second kappa shape index (κ2) is 3.60. The van der Waals surface area contributed by atoms with E-state index in [0.717, 1.165) is 16.3 Å². The summed E-state index contributed by atoms with van der Waals surface area (Å²) in [6.07, 6.45) is 1.09. The van der Waals surface area contributed by atoms with Crippen LogP contribution in [0.3, 0.4) is 0 Å². The fourth-order valence-corrected chi connectivity index (χ4v) is 1.27. The first-order valence-corrected chi connectivity index (χ1v) is 4.20. The Morgan fingerprint density at radius 2 is 1.92 bits per heavy atom. The van der Waals surface area contributed by atoms with E-state index in [1.165, 1.54) is 6.92 Å². The van der Waals surface area contributed by atoms with Crippen LogP contribution in [0.4, 0.5) is 0 Å². The molecule has 1 aliphatic heterocycles. The monoisotopic (exact) mass is 183 g/mol. The largest absolute Gasteiger partial charge is 0.334 e. The number of nitrogens with zero attached hydrogens (tertiary/aromatic N) is 1. The molecule has 0 unspecified atom stereocenters. The van der Waals surface area contributed by atoms with E-state index in [0.29, 0.717) is 12.8 Å². The summed E-state index contributed by atoms with van der Waals surface area (Å²) >= 11 is 0. The molecule has 72 valence electrons. The number of hydrogen-bond donors (Lipinski definition) is 0. The van der Waals surface area contributed by atoms with Gasteiger partial charge in [-0.25, -0.2) is 4.79 Å². The smallest absolute Gasteiger partial charge is 0.330 e. The third kappa shape index (κ3) is 2.08. The van der Waals surface area contributed by atoms with Crippen LogP contribution in [0.15, 0.2) is 11.3 Å². The van der Waals surface area contributed by atoms with Crippen LogP contribution in [0.5, 0.6) is 0 Å². The number of rotatable bonds is 1. The van der Waals surface area contributed by atoms with E-state index in [2.05, 4.69) is 0 Å². The molecular weight excluding hydrogens is 170 g/mol. The predicted molar refractivity (Wildman–Crippen MR) is 46.2 cm³/mol. The molecule has 0 aromatic rings. The lowest BCUT2D eigenvalue weighted by molar-refractivity contribution is -0.184. The summed E-state index contributed by atoms with van der Waals surface area (Å²) < 4.78 is 0. The van der Waals surface area contributed by atoms with Gasteiger partial charge >= 0.3 is 5.97 Å². The number of allylic oxidation sites excluding steroid dienone is 2. The number of amides is 1. The van der Waals surface area contributed by atoms with Gasteiger partial charge in [-0.15, -0.1) is 5.06 Å². The Bertz CT molecular complexity index is 277. The topological polar surface area (TPSA) is 46.6 Å². The third-order valence-corrected chi connectivity index (χ3v) is 1.84. The first-order chi connectivity index (χ1) is 6.02. The second-order valence-electron chi connectivity index (χ2n) is 3.22. The Hall–Kier alpha value is -1.32. The Kier molecular flexibility index (Phi) is 2.70. The Balaban J connectivity index is 2.84. The van der Waals surface area contributed by atoms with E-state index in [-0.39, 0.29) is 5.91 Å². The molecule has 1 amide bonds. The molecule has 0 aromatic carbocycles. The maximum absolute atomic E-state index is 11.2. The molecule has 0 spiro atoms. The highest BCUT2D eigenvalue weighted by atomic mass is 16.7. The standard InChI is InChI=1S/C9H13NO3/c1-6(2)8-4-5-9(12)10(8)13-7(3)11/h4-5H2,1-3H3. The van der Waals surface area contributed by atoms with Crippen LogP contribution in [0.25, 0.3) is 0 Å². The first kappa shape index (κ1) is 9.77. The van der Waals surface area contributed by atoms with Crippen LogP contribution in [0.2, 0.25) is 0 Å². The molecule has 4 heteroatoms. The van der Waals surface area contributed by atoms with Gasteiger partial charge in [0.05, 0.1) is 5.70 Å². The van der Waals surface area contributed by atoms with Crippen molar-refractivity contribution in [2.45, 2.75) is 33.6 Å². The van der Waals surface area contributed by atoms with E-state index in [1.807, 2.05) is 13.8 Å². The summed E-state index contributed by atoms with van der Waals surface area (Å²) in [5, 5.41) is 1.11. The number of hydrogen-bond acceptors (Lipinski definition) is 3. The van der Waals surface area contributed by atoms with Crippen molar-refractivity contribution in [3.63, 3.8) is 0 Å². The molecular formula is C9H13NO3. The molecule has 0 bridgehead atoms. The van der Waals surface area contributed by atoms with E-state index < -0.39 is 5.97 Å². The lowest BCUT2D eigenvalue weighted by Crippen LogP contribution is -2.26. The van der Waals surface area contributed by atoms with Gasteiger partial charge in [0.2, 0.25) is 0 Å². The quantitative estimate of drug-likeness (QED) is 0.617. The summed E-state index contributed by atoms with van der Waals surface area (Å²) in [6, 6.07) is 0. The normalized spacial score (nSPS) is 16.4. The van der Waals surface area contributed by atoms with Gasteiger partial charge in [-0.1, -0.05) is 5.57 Å². The minimum absolute atomic E-state index is 0.147. The summed E-state index contributed by atoms with van der Waals surface area (Å²) in [7, 11) is 0. The minimum Gasteiger partial charge on any atom is -0.334 e. The zero-order valence-electron chi connectivity index (χ0n) is 8.09. The molecule has 1 rings (SSSR count). The molecule has 0 N–H and O–H groups in total. The maximum Gasteiger partial charge on any atom is 0.330 e. The van der Waals surface area contributed by atoms with Crippen LogP contribution in [-0.2, 0) is 14.4 Å². The van der Waals surface area contributed by atoms with Crippen molar-refractivity contribution in [2.24, 2.45) is 0 Å². The Morgan fingerprint density at radius 1 is 1.31 bits per heavy atom.